The number of hydrogen-bond acceptors (Lipinski definition) is 4. The zero-order chi connectivity index (χ0) is 17.8. The molecule has 2 aliphatic heterocycles. The Morgan fingerprint density at radius 3 is 2.60 bits per heavy atom. The fourth-order valence-corrected chi connectivity index (χ4v) is 3.45. The number of carbonyl (C=O) groups is 2. The van der Waals surface area contributed by atoms with Crippen LogP contribution in [0.4, 0.5) is 5.69 Å². The molecule has 0 unspecified atom stereocenters. The number of carbonyl (C=O) groups excluding carboxylic acids is 2. The number of piperazine rings is 1. The second-order valence-electron chi connectivity index (χ2n) is 6.97. The molecule has 2 heterocycles. The Kier molecular flexibility index (Phi) is 5.71. The van der Waals surface area contributed by atoms with E-state index in [0.29, 0.717) is 26.2 Å². The predicted molar refractivity (Wildman–Crippen MR) is 96.5 cm³/mol. The minimum atomic E-state index is -0.251. The molecule has 0 bridgehead atoms. The molecule has 25 heavy (non-hydrogen) atoms. The van der Waals surface area contributed by atoms with E-state index < -0.39 is 0 Å². The van der Waals surface area contributed by atoms with Crippen molar-refractivity contribution < 1.29 is 14.3 Å². The summed E-state index contributed by atoms with van der Waals surface area (Å²) in [6.07, 6.45) is 1.55. The number of aryl methyl sites for hydroxylation is 2. The summed E-state index contributed by atoms with van der Waals surface area (Å²) in [6, 6.07) is 6.00. The van der Waals surface area contributed by atoms with Gasteiger partial charge in [-0.3, -0.25) is 14.5 Å². The van der Waals surface area contributed by atoms with E-state index in [9.17, 15) is 9.59 Å². The van der Waals surface area contributed by atoms with Gasteiger partial charge in [-0.25, -0.2) is 0 Å². The van der Waals surface area contributed by atoms with Crippen LogP contribution in [0.1, 0.15) is 24.0 Å². The monoisotopic (exact) mass is 345 g/mol. The van der Waals surface area contributed by atoms with Crippen LogP contribution in [0.3, 0.4) is 0 Å². The average molecular weight is 345 g/mol. The van der Waals surface area contributed by atoms with Crippen molar-refractivity contribution in [3.63, 3.8) is 0 Å². The van der Waals surface area contributed by atoms with Gasteiger partial charge in [-0.1, -0.05) is 17.7 Å². The standard InChI is InChI=1S/C19H27N3O3/c1-14-5-6-16(15(2)12-14)20-18(23)13-21-7-9-22(10-8-21)19(24)17-4-3-11-25-17/h5-6,12,17H,3-4,7-11,13H2,1-2H3,(H,20,23)/t17-/m1/s1. The van der Waals surface area contributed by atoms with Gasteiger partial charge in [-0.2, -0.15) is 0 Å². The van der Waals surface area contributed by atoms with E-state index in [4.69, 9.17) is 4.74 Å². The summed E-state index contributed by atoms with van der Waals surface area (Å²) in [6.45, 7) is 7.85. The largest absolute Gasteiger partial charge is 0.368 e. The van der Waals surface area contributed by atoms with Crippen molar-refractivity contribution in [1.82, 2.24) is 9.80 Å². The third-order valence-corrected chi connectivity index (χ3v) is 4.91. The van der Waals surface area contributed by atoms with Gasteiger partial charge in [-0.05, 0) is 38.3 Å². The number of rotatable bonds is 4. The number of benzene rings is 1. The minimum Gasteiger partial charge on any atom is -0.368 e. The van der Waals surface area contributed by atoms with E-state index in [1.807, 2.05) is 30.9 Å². The fourth-order valence-electron chi connectivity index (χ4n) is 3.45. The highest BCUT2D eigenvalue weighted by Crippen LogP contribution is 2.17. The van der Waals surface area contributed by atoms with E-state index in [1.54, 1.807) is 0 Å². The SMILES string of the molecule is Cc1ccc(NC(=O)CN2CCN(C(=O)[C@H]3CCCO3)CC2)c(C)c1. The van der Waals surface area contributed by atoms with Crippen LogP contribution in [0.15, 0.2) is 18.2 Å². The Morgan fingerprint density at radius 1 is 1.20 bits per heavy atom. The molecule has 6 nitrogen and oxygen atoms in total. The first-order valence-corrected chi connectivity index (χ1v) is 9.03. The molecule has 2 saturated heterocycles. The lowest BCUT2D eigenvalue weighted by Gasteiger charge is -2.35. The van der Waals surface area contributed by atoms with Crippen molar-refractivity contribution in [3.8, 4) is 0 Å². The topological polar surface area (TPSA) is 61.9 Å². The van der Waals surface area contributed by atoms with Crippen LogP contribution in [0.5, 0.6) is 0 Å². The van der Waals surface area contributed by atoms with Gasteiger partial charge < -0.3 is 15.0 Å². The first-order valence-electron chi connectivity index (χ1n) is 9.03. The zero-order valence-corrected chi connectivity index (χ0v) is 15.1. The van der Waals surface area contributed by atoms with E-state index in [0.717, 1.165) is 37.2 Å². The van der Waals surface area contributed by atoms with Gasteiger partial charge in [0.25, 0.3) is 5.91 Å². The molecule has 1 aromatic rings. The molecule has 0 radical (unpaired) electrons. The summed E-state index contributed by atoms with van der Waals surface area (Å²) in [4.78, 5) is 28.6. The van der Waals surface area contributed by atoms with Gasteiger partial charge in [0.2, 0.25) is 5.91 Å². The second kappa shape index (κ2) is 7.97. The van der Waals surface area contributed by atoms with Crippen molar-refractivity contribution in [3.05, 3.63) is 29.3 Å². The lowest BCUT2D eigenvalue weighted by atomic mass is 10.1. The predicted octanol–water partition coefficient (Wildman–Crippen LogP) is 1.57. The Balaban J connectivity index is 1.45. The molecule has 3 rings (SSSR count). The van der Waals surface area contributed by atoms with Gasteiger partial charge in [0.1, 0.15) is 6.10 Å². The molecule has 0 spiro atoms. The highest BCUT2D eigenvalue weighted by molar-refractivity contribution is 5.93. The number of hydrogen-bond donors (Lipinski definition) is 1. The number of anilines is 1. The van der Waals surface area contributed by atoms with Gasteiger partial charge in [0, 0.05) is 38.5 Å². The molecule has 0 aliphatic carbocycles. The third kappa shape index (κ3) is 4.58. The highest BCUT2D eigenvalue weighted by atomic mass is 16.5. The maximum atomic E-state index is 12.3. The van der Waals surface area contributed by atoms with E-state index in [2.05, 4.69) is 16.3 Å². The first kappa shape index (κ1) is 17.9. The zero-order valence-electron chi connectivity index (χ0n) is 15.1. The number of nitrogens with zero attached hydrogens (tertiary/aromatic N) is 2. The Bertz CT molecular complexity index is 633. The number of ether oxygens (including phenoxy) is 1. The van der Waals surface area contributed by atoms with Gasteiger partial charge in [-0.15, -0.1) is 0 Å². The minimum absolute atomic E-state index is 0.00847. The van der Waals surface area contributed by atoms with Crippen LogP contribution >= 0.6 is 0 Å². The number of nitrogens with one attached hydrogen (secondary N) is 1. The normalized spacial score (nSPS) is 21.4. The summed E-state index contributed by atoms with van der Waals surface area (Å²) >= 11 is 0. The van der Waals surface area contributed by atoms with Gasteiger partial charge >= 0.3 is 0 Å². The van der Waals surface area contributed by atoms with E-state index in [1.165, 1.54) is 5.56 Å². The summed E-state index contributed by atoms with van der Waals surface area (Å²) in [5.74, 6) is 0.0998. The lowest BCUT2D eigenvalue weighted by Crippen LogP contribution is -2.52. The van der Waals surface area contributed by atoms with Gasteiger partial charge in [0.15, 0.2) is 0 Å². The summed E-state index contributed by atoms with van der Waals surface area (Å²) in [7, 11) is 0. The highest BCUT2D eigenvalue weighted by Gasteiger charge is 2.30. The van der Waals surface area contributed by atoms with Crippen LogP contribution in [-0.4, -0.2) is 67.0 Å². The van der Waals surface area contributed by atoms with Gasteiger partial charge in [0.05, 0.1) is 6.54 Å². The maximum absolute atomic E-state index is 12.3. The van der Waals surface area contributed by atoms with Crippen molar-refractivity contribution in [2.75, 3.05) is 44.6 Å². The quantitative estimate of drug-likeness (QED) is 0.900. The van der Waals surface area contributed by atoms with Crippen molar-refractivity contribution >= 4 is 17.5 Å². The maximum Gasteiger partial charge on any atom is 0.251 e. The summed E-state index contributed by atoms with van der Waals surface area (Å²) < 4.78 is 5.48. The Hall–Kier alpha value is -1.92. The lowest BCUT2D eigenvalue weighted by molar-refractivity contribution is -0.142. The van der Waals surface area contributed by atoms with Crippen molar-refractivity contribution in [1.29, 1.82) is 0 Å². The molecule has 1 atom stereocenters. The first-order chi connectivity index (χ1) is 12.0. The average Bonchev–Trinajstić information content (AvgIpc) is 3.12. The molecule has 6 heteroatoms. The van der Waals surface area contributed by atoms with Crippen molar-refractivity contribution in [2.45, 2.75) is 32.8 Å². The summed E-state index contributed by atoms with van der Waals surface area (Å²) in [5.41, 5.74) is 3.12. The third-order valence-electron chi connectivity index (χ3n) is 4.91. The molecule has 136 valence electrons. The molecule has 1 aromatic carbocycles. The molecular formula is C19H27N3O3. The van der Waals surface area contributed by atoms with Crippen LogP contribution in [-0.2, 0) is 14.3 Å². The molecule has 0 saturated carbocycles. The Labute approximate surface area is 149 Å². The molecule has 2 amide bonds. The molecule has 2 aliphatic rings. The van der Waals surface area contributed by atoms with Crippen LogP contribution in [0.25, 0.3) is 0 Å². The van der Waals surface area contributed by atoms with Crippen LogP contribution < -0.4 is 5.32 Å². The van der Waals surface area contributed by atoms with Crippen LogP contribution in [0, 0.1) is 13.8 Å². The molecular weight excluding hydrogens is 318 g/mol. The number of amides is 2. The van der Waals surface area contributed by atoms with E-state index >= 15 is 0 Å². The van der Waals surface area contributed by atoms with Crippen molar-refractivity contribution in [2.24, 2.45) is 0 Å². The Morgan fingerprint density at radius 2 is 1.96 bits per heavy atom. The fraction of sp³-hybridized carbons (Fsp3) is 0.579. The molecule has 0 aromatic heterocycles. The van der Waals surface area contributed by atoms with Crippen LogP contribution in [0.2, 0.25) is 0 Å². The van der Waals surface area contributed by atoms with E-state index in [-0.39, 0.29) is 17.9 Å². The smallest absolute Gasteiger partial charge is 0.251 e. The molecule has 1 N–H and O–H groups in total. The molecule has 2 fully saturated rings. The second-order valence-corrected chi connectivity index (χ2v) is 6.97. The summed E-state index contributed by atoms with van der Waals surface area (Å²) in [5, 5.41) is 2.98.